The third-order valence-electron chi connectivity index (χ3n) is 4.07. The van der Waals surface area contributed by atoms with E-state index in [2.05, 4.69) is 20.7 Å². The lowest BCUT2D eigenvalue weighted by Crippen LogP contribution is -2.46. The van der Waals surface area contributed by atoms with Gasteiger partial charge in [-0.05, 0) is 18.1 Å². The number of aromatic amines is 1. The number of ether oxygens (including phenoxy) is 1. The molecule has 2 aromatic rings. The number of carbonyl (C=O) groups is 2. The van der Waals surface area contributed by atoms with Crippen LogP contribution in [-0.4, -0.2) is 52.7 Å². The first-order valence-electron chi connectivity index (χ1n) is 7.33. The Labute approximate surface area is 127 Å². The van der Waals surface area contributed by atoms with Gasteiger partial charge in [-0.2, -0.15) is 0 Å². The molecule has 0 spiro atoms. The van der Waals surface area contributed by atoms with Crippen LogP contribution in [0, 0.1) is 0 Å². The zero-order valence-electron chi connectivity index (χ0n) is 12.1. The largest absolute Gasteiger partial charge is 0.506 e. The van der Waals surface area contributed by atoms with Crippen molar-refractivity contribution in [1.29, 1.82) is 0 Å². The maximum Gasteiger partial charge on any atom is 0.506 e. The molecule has 1 aliphatic heterocycles. The Hall–Kier alpha value is -2.34. The van der Waals surface area contributed by atoms with Gasteiger partial charge in [0.2, 0.25) is 0 Å². The Kier molecular flexibility index (Phi) is 4.11. The highest BCUT2D eigenvalue weighted by atomic mass is 16.7. The number of Topliss-reactive ketones (excluding diaryl/α,β-unsaturated/α-hetero) is 1. The summed E-state index contributed by atoms with van der Waals surface area (Å²) in [5.74, 6) is -0.134. The topological polar surface area (TPSA) is 82.6 Å². The molecule has 1 aromatic carbocycles. The molecule has 22 heavy (non-hydrogen) atoms. The van der Waals surface area contributed by atoms with E-state index in [1.54, 1.807) is 0 Å². The van der Waals surface area contributed by atoms with Gasteiger partial charge in [-0.1, -0.05) is 18.2 Å². The lowest BCUT2D eigenvalue weighted by Gasteiger charge is -2.30. The summed E-state index contributed by atoms with van der Waals surface area (Å²) in [6.07, 6.45) is 0.945. The molecular formula is C16H18N2O4. The number of carboxylic acid groups (broad SMARTS) is 1. The lowest BCUT2D eigenvalue weighted by atomic mass is 10.1. The number of benzene rings is 1. The quantitative estimate of drug-likeness (QED) is 0.845. The number of aromatic nitrogens is 1. The van der Waals surface area contributed by atoms with Crippen LogP contribution in [0.5, 0.6) is 0 Å². The second-order valence-electron chi connectivity index (χ2n) is 5.50. The molecular weight excluding hydrogens is 284 g/mol. The number of hydrogen-bond donors (Lipinski definition) is 2. The molecule has 3 rings (SSSR count). The zero-order chi connectivity index (χ0) is 15.5. The maximum atomic E-state index is 11.7. The standard InChI is InChI=1S/C16H18N2O4/c19-14-6-8-18(10-15(14)22-16(20)21)7-5-11-9-17-13-4-2-1-3-12(11)13/h1-4,9,15,17H,5-8,10H2,(H,20,21). The molecule has 1 aromatic heterocycles. The summed E-state index contributed by atoms with van der Waals surface area (Å²) < 4.78 is 4.66. The number of hydrogen-bond acceptors (Lipinski definition) is 4. The van der Waals surface area contributed by atoms with Crippen LogP contribution in [0.4, 0.5) is 4.79 Å². The van der Waals surface area contributed by atoms with Crippen molar-refractivity contribution in [3.63, 3.8) is 0 Å². The van der Waals surface area contributed by atoms with E-state index >= 15 is 0 Å². The van der Waals surface area contributed by atoms with Crippen LogP contribution in [0.15, 0.2) is 30.5 Å². The molecule has 0 aliphatic carbocycles. The first-order valence-corrected chi connectivity index (χ1v) is 7.33. The monoisotopic (exact) mass is 302 g/mol. The Bertz CT molecular complexity index is 694. The molecule has 2 heterocycles. The van der Waals surface area contributed by atoms with Gasteiger partial charge in [0.05, 0.1) is 0 Å². The molecule has 1 unspecified atom stereocenters. The maximum absolute atomic E-state index is 11.7. The minimum Gasteiger partial charge on any atom is -0.450 e. The summed E-state index contributed by atoms with van der Waals surface area (Å²) in [5.41, 5.74) is 2.33. The number of H-pyrrole nitrogens is 1. The second-order valence-corrected chi connectivity index (χ2v) is 5.50. The molecule has 1 aliphatic rings. The number of fused-ring (bicyclic) bond motifs is 1. The van der Waals surface area contributed by atoms with E-state index < -0.39 is 12.3 Å². The highest BCUT2D eigenvalue weighted by molar-refractivity contribution is 5.85. The van der Waals surface area contributed by atoms with Crippen molar-refractivity contribution in [1.82, 2.24) is 9.88 Å². The molecule has 116 valence electrons. The Balaban J connectivity index is 1.61. The van der Waals surface area contributed by atoms with Crippen molar-refractivity contribution in [3.8, 4) is 0 Å². The van der Waals surface area contributed by atoms with Gasteiger partial charge >= 0.3 is 6.16 Å². The number of nitrogens with one attached hydrogen (secondary N) is 1. The van der Waals surface area contributed by atoms with E-state index in [1.807, 2.05) is 24.4 Å². The highest BCUT2D eigenvalue weighted by Crippen LogP contribution is 2.19. The number of likely N-dealkylation sites (tertiary alicyclic amines) is 1. The third-order valence-corrected chi connectivity index (χ3v) is 4.07. The van der Waals surface area contributed by atoms with Gasteiger partial charge in [0.25, 0.3) is 0 Å². The number of nitrogens with zero attached hydrogens (tertiary/aromatic N) is 1. The van der Waals surface area contributed by atoms with Crippen LogP contribution in [0.3, 0.4) is 0 Å². The smallest absolute Gasteiger partial charge is 0.450 e. The highest BCUT2D eigenvalue weighted by Gasteiger charge is 2.30. The summed E-state index contributed by atoms with van der Waals surface area (Å²) in [4.78, 5) is 27.6. The predicted octanol–water partition coefficient (Wildman–Crippen LogP) is 2.05. The van der Waals surface area contributed by atoms with Crippen molar-refractivity contribution in [2.45, 2.75) is 18.9 Å². The van der Waals surface area contributed by atoms with Gasteiger partial charge in [-0.3, -0.25) is 9.69 Å². The van der Waals surface area contributed by atoms with Crippen LogP contribution in [-0.2, 0) is 16.0 Å². The summed E-state index contributed by atoms with van der Waals surface area (Å²) in [5, 5.41) is 9.87. The molecule has 0 amide bonds. The van der Waals surface area contributed by atoms with Gasteiger partial charge in [0.1, 0.15) is 0 Å². The van der Waals surface area contributed by atoms with Crippen LogP contribution in [0.25, 0.3) is 10.9 Å². The molecule has 1 atom stereocenters. The summed E-state index contributed by atoms with van der Waals surface area (Å²) >= 11 is 0. The van der Waals surface area contributed by atoms with Crippen LogP contribution < -0.4 is 0 Å². The average molecular weight is 302 g/mol. The molecule has 2 N–H and O–H groups in total. The molecule has 1 fully saturated rings. The van der Waals surface area contributed by atoms with Crippen molar-refractivity contribution < 1.29 is 19.4 Å². The van der Waals surface area contributed by atoms with Crippen molar-refractivity contribution in [2.24, 2.45) is 0 Å². The number of ketones is 1. The SMILES string of the molecule is O=C(O)OC1CN(CCc2c[nH]c3ccccc23)CCC1=O. The van der Waals surface area contributed by atoms with Gasteiger partial charge in [0, 0.05) is 43.2 Å². The fraction of sp³-hybridized carbons (Fsp3) is 0.375. The molecule has 6 heteroatoms. The molecule has 0 saturated carbocycles. The lowest BCUT2D eigenvalue weighted by molar-refractivity contribution is -0.132. The Morgan fingerprint density at radius 2 is 2.23 bits per heavy atom. The summed E-state index contributed by atoms with van der Waals surface area (Å²) in [6.45, 7) is 1.77. The van der Waals surface area contributed by atoms with Crippen LogP contribution >= 0.6 is 0 Å². The third kappa shape index (κ3) is 3.12. The van der Waals surface area contributed by atoms with Gasteiger partial charge < -0.3 is 14.8 Å². The van der Waals surface area contributed by atoms with Crippen molar-refractivity contribution >= 4 is 22.8 Å². The number of rotatable bonds is 4. The van der Waals surface area contributed by atoms with Crippen molar-refractivity contribution in [3.05, 3.63) is 36.0 Å². The normalized spacial score (nSPS) is 19.5. The average Bonchev–Trinajstić information content (AvgIpc) is 2.91. The van der Waals surface area contributed by atoms with E-state index in [0.29, 0.717) is 19.5 Å². The fourth-order valence-corrected chi connectivity index (χ4v) is 2.90. The first-order chi connectivity index (χ1) is 10.6. The van der Waals surface area contributed by atoms with Gasteiger partial charge in [-0.25, -0.2) is 4.79 Å². The Morgan fingerprint density at radius 3 is 3.05 bits per heavy atom. The minimum atomic E-state index is -1.39. The van der Waals surface area contributed by atoms with Crippen LogP contribution in [0.2, 0.25) is 0 Å². The van der Waals surface area contributed by atoms with E-state index in [1.165, 1.54) is 10.9 Å². The fourth-order valence-electron chi connectivity index (χ4n) is 2.90. The molecule has 6 nitrogen and oxygen atoms in total. The first kappa shape index (κ1) is 14.6. The van der Waals surface area contributed by atoms with E-state index in [0.717, 1.165) is 18.5 Å². The van der Waals surface area contributed by atoms with E-state index in [-0.39, 0.29) is 5.78 Å². The molecule has 0 bridgehead atoms. The number of carbonyl (C=O) groups excluding carboxylic acids is 1. The number of piperidine rings is 1. The molecule has 1 saturated heterocycles. The molecule has 0 radical (unpaired) electrons. The minimum absolute atomic E-state index is 0.134. The van der Waals surface area contributed by atoms with E-state index in [4.69, 9.17) is 5.11 Å². The van der Waals surface area contributed by atoms with Gasteiger partial charge in [-0.15, -0.1) is 0 Å². The van der Waals surface area contributed by atoms with Crippen molar-refractivity contribution in [2.75, 3.05) is 19.6 Å². The predicted molar refractivity (Wildman–Crippen MR) is 81.0 cm³/mol. The Morgan fingerprint density at radius 1 is 1.41 bits per heavy atom. The summed E-state index contributed by atoms with van der Waals surface area (Å²) in [7, 11) is 0. The van der Waals surface area contributed by atoms with Crippen LogP contribution in [0.1, 0.15) is 12.0 Å². The zero-order valence-corrected chi connectivity index (χ0v) is 12.1. The summed E-state index contributed by atoms with van der Waals surface area (Å²) in [6, 6.07) is 8.12. The van der Waals surface area contributed by atoms with Gasteiger partial charge in [0.15, 0.2) is 11.9 Å². The second kappa shape index (κ2) is 6.19. The number of para-hydroxylation sites is 1. The van der Waals surface area contributed by atoms with E-state index in [9.17, 15) is 9.59 Å².